The highest BCUT2D eigenvalue weighted by Crippen LogP contribution is 2.24. The van der Waals surface area contributed by atoms with Gasteiger partial charge in [0.1, 0.15) is 0 Å². The molecular weight excluding hydrogens is 292 g/mol. The Kier molecular flexibility index (Phi) is 8.30. The van der Waals surface area contributed by atoms with Gasteiger partial charge >= 0.3 is 0 Å². The van der Waals surface area contributed by atoms with Crippen LogP contribution in [0.3, 0.4) is 0 Å². The normalized spacial score (nSPS) is 27.2. The number of halogens is 1. The molecule has 1 amide bonds. The molecule has 2 saturated heterocycles. The first-order chi connectivity index (χ1) is 9.15. The minimum Gasteiger partial charge on any atom is -0.342 e. The van der Waals surface area contributed by atoms with Crippen molar-refractivity contribution in [1.29, 1.82) is 0 Å². The summed E-state index contributed by atoms with van der Waals surface area (Å²) in [6, 6.07) is 0.400. The van der Waals surface area contributed by atoms with Crippen molar-refractivity contribution in [2.75, 3.05) is 31.1 Å². The average molecular weight is 321 g/mol. The molecule has 5 heteroatoms. The van der Waals surface area contributed by atoms with Gasteiger partial charge in [-0.25, -0.2) is 0 Å². The van der Waals surface area contributed by atoms with Crippen LogP contribution in [0.15, 0.2) is 0 Å². The molecule has 0 aromatic heterocycles. The molecular formula is C15H29ClN2OS. The Labute approximate surface area is 134 Å². The molecule has 0 saturated carbocycles. The second-order valence-electron chi connectivity index (χ2n) is 6.41. The Bertz CT molecular complexity index is 296. The zero-order chi connectivity index (χ0) is 13.7. The minimum absolute atomic E-state index is 0. The topological polar surface area (TPSA) is 32.3 Å². The predicted molar refractivity (Wildman–Crippen MR) is 89.7 cm³/mol. The van der Waals surface area contributed by atoms with Gasteiger partial charge in [0.15, 0.2) is 0 Å². The smallest absolute Gasteiger partial charge is 0.224 e. The number of hydrogen-bond acceptors (Lipinski definition) is 3. The molecule has 2 aliphatic rings. The average Bonchev–Trinajstić information content (AvgIpc) is 2.39. The van der Waals surface area contributed by atoms with E-state index in [1.54, 1.807) is 0 Å². The maximum Gasteiger partial charge on any atom is 0.224 e. The first-order valence-electron chi connectivity index (χ1n) is 7.74. The SMILES string of the molecule is CC(C)CC1CCCN(C(=O)CC2CSCCN2)C1.Cl. The van der Waals surface area contributed by atoms with Crippen molar-refractivity contribution < 1.29 is 4.79 Å². The van der Waals surface area contributed by atoms with Crippen LogP contribution >= 0.6 is 24.2 Å². The van der Waals surface area contributed by atoms with Crippen molar-refractivity contribution in [1.82, 2.24) is 10.2 Å². The standard InChI is InChI=1S/C15H28N2OS.ClH/c1-12(2)8-13-4-3-6-17(10-13)15(18)9-14-11-19-7-5-16-14;/h12-14,16H,3-11H2,1-2H3;1H. The Morgan fingerprint density at radius 3 is 2.90 bits per heavy atom. The fourth-order valence-electron chi connectivity index (χ4n) is 3.24. The highest BCUT2D eigenvalue weighted by Gasteiger charge is 2.26. The number of thioether (sulfide) groups is 1. The number of nitrogens with zero attached hydrogens (tertiary/aromatic N) is 1. The molecule has 2 heterocycles. The quantitative estimate of drug-likeness (QED) is 0.864. The summed E-state index contributed by atoms with van der Waals surface area (Å²) in [4.78, 5) is 14.5. The van der Waals surface area contributed by atoms with E-state index in [1.807, 2.05) is 11.8 Å². The lowest BCUT2D eigenvalue weighted by molar-refractivity contribution is -0.133. The number of likely N-dealkylation sites (tertiary alicyclic amines) is 1. The maximum absolute atomic E-state index is 12.4. The third-order valence-corrected chi connectivity index (χ3v) is 5.23. The maximum atomic E-state index is 12.4. The van der Waals surface area contributed by atoms with Gasteiger partial charge < -0.3 is 10.2 Å². The summed E-state index contributed by atoms with van der Waals surface area (Å²) >= 11 is 1.97. The predicted octanol–water partition coefficient (Wildman–Crippen LogP) is 2.79. The van der Waals surface area contributed by atoms with Gasteiger partial charge in [0.2, 0.25) is 5.91 Å². The van der Waals surface area contributed by atoms with Crippen LogP contribution in [0.2, 0.25) is 0 Å². The third-order valence-electron chi connectivity index (χ3n) is 4.10. The van der Waals surface area contributed by atoms with Gasteiger partial charge in [0, 0.05) is 43.6 Å². The van der Waals surface area contributed by atoms with Gasteiger partial charge in [-0.05, 0) is 31.1 Å². The Morgan fingerprint density at radius 2 is 2.25 bits per heavy atom. The Hall–Kier alpha value is 0.0700. The summed E-state index contributed by atoms with van der Waals surface area (Å²) in [5, 5.41) is 3.46. The first kappa shape index (κ1) is 18.1. The van der Waals surface area contributed by atoms with Crippen molar-refractivity contribution in [2.45, 2.75) is 45.6 Å². The Morgan fingerprint density at radius 1 is 1.45 bits per heavy atom. The number of amides is 1. The highest BCUT2D eigenvalue weighted by molar-refractivity contribution is 7.99. The van der Waals surface area contributed by atoms with Gasteiger partial charge in [-0.15, -0.1) is 12.4 Å². The van der Waals surface area contributed by atoms with Gasteiger partial charge in [0.25, 0.3) is 0 Å². The number of nitrogens with one attached hydrogen (secondary N) is 1. The molecule has 0 aromatic rings. The van der Waals surface area contributed by atoms with Crippen LogP contribution in [0.1, 0.15) is 39.5 Å². The van der Waals surface area contributed by atoms with Crippen LogP contribution in [0.5, 0.6) is 0 Å². The lowest BCUT2D eigenvalue weighted by atomic mass is 9.89. The molecule has 0 aliphatic carbocycles. The zero-order valence-electron chi connectivity index (χ0n) is 12.8. The molecule has 2 fully saturated rings. The van der Waals surface area contributed by atoms with Gasteiger partial charge in [-0.1, -0.05) is 13.8 Å². The van der Waals surface area contributed by atoms with Crippen molar-refractivity contribution in [3.05, 3.63) is 0 Å². The summed E-state index contributed by atoms with van der Waals surface area (Å²) in [5.41, 5.74) is 0. The molecule has 0 radical (unpaired) electrons. The van der Waals surface area contributed by atoms with E-state index in [0.29, 0.717) is 18.4 Å². The largest absolute Gasteiger partial charge is 0.342 e. The van der Waals surface area contributed by atoms with E-state index in [-0.39, 0.29) is 12.4 Å². The van der Waals surface area contributed by atoms with Crippen molar-refractivity contribution in [3.63, 3.8) is 0 Å². The third kappa shape index (κ3) is 5.82. The summed E-state index contributed by atoms with van der Waals surface area (Å²) in [6.07, 6.45) is 4.46. The molecule has 20 heavy (non-hydrogen) atoms. The highest BCUT2D eigenvalue weighted by atomic mass is 35.5. The number of hydrogen-bond donors (Lipinski definition) is 1. The fourth-order valence-corrected chi connectivity index (χ4v) is 4.19. The van der Waals surface area contributed by atoms with Crippen LogP contribution in [0.4, 0.5) is 0 Å². The monoisotopic (exact) mass is 320 g/mol. The lowest BCUT2D eigenvalue weighted by Crippen LogP contribution is -2.45. The van der Waals surface area contributed by atoms with E-state index in [4.69, 9.17) is 0 Å². The van der Waals surface area contributed by atoms with E-state index < -0.39 is 0 Å². The molecule has 2 atom stereocenters. The molecule has 3 nitrogen and oxygen atoms in total. The van der Waals surface area contributed by atoms with E-state index in [9.17, 15) is 4.79 Å². The number of carbonyl (C=O) groups is 1. The van der Waals surface area contributed by atoms with Gasteiger partial charge in [0.05, 0.1) is 0 Å². The number of rotatable bonds is 4. The summed E-state index contributed by atoms with van der Waals surface area (Å²) in [5.74, 6) is 4.12. The van der Waals surface area contributed by atoms with Gasteiger partial charge in [-0.2, -0.15) is 11.8 Å². The van der Waals surface area contributed by atoms with E-state index in [0.717, 1.165) is 37.2 Å². The zero-order valence-corrected chi connectivity index (χ0v) is 14.4. The molecule has 0 spiro atoms. The van der Waals surface area contributed by atoms with Crippen LogP contribution in [-0.2, 0) is 4.79 Å². The fraction of sp³-hybridized carbons (Fsp3) is 0.933. The van der Waals surface area contributed by atoms with Crippen molar-refractivity contribution in [3.8, 4) is 0 Å². The summed E-state index contributed by atoms with van der Waals surface area (Å²) in [6.45, 7) is 7.59. The van der Waals surface area contributed by atoms with Crippen LogP contribution < -0.4 is 5.32 Å². The van der Waals surface area contributed by atoms with Gasteiger partial charge in [-0.3, -0.25) is 4.79 Å². The molecule has 0 aromatic carbocycles. The van der Waals surface area contributed by atoms with Crippen LogP contribution in [0, 0.1) is 11.8 Å². The lowest BCUT2D eigenvalue weighted by Gasteiger charge is -2.35. The second kappa shape index (κ2) is 9.16. The summed E-state index contributed by atoms with van der Waals surface area (Å²) in [7, 11) is 0. The second-order valence-corrected chi connectivity index (χ2v) is 7.56. The molecule has 2 aliphatic heterocycles. The van der Waals surface area contributed by atoms with E-state index in [1.165, 1.54) is 25.0 Å². The first-order valence-corrected chi connectivity index (χ1v) is 8.89. The van der Waals surface area contributed by atoms with Crippen LogP contribution in [-0.4, -0.2) is 48.0 Å². The number of piperidine rings is 1. The van der Waals surface area contributed by atoms with Crippen molar-refractivity contribution in [2.24, 2.45) is 11.8 Å². The summed E-state index contributed by atoms with van der Waals surface area (Å²) < 4.78 is 0. The molecule has 118 valence electrons. The molecule has 1 N–H and O–H groups in total. The van der Waals surface area contributed by atoms with E-state index in [2.05, 4.69) is 24.1 Å². The molecule has 2 rings (SSSR count). The number of carbonyl (C=O) groups excluding carboxylic acids is 1. The van der Waals surface area contributed by atoms with Crippen molar-refractivity contribution >= 4 is 30.1 Å². The van der Waals surface area contributed by atoms with E-state index >= 15 is 0 Å². The van der Waals surface area contributed by atoms with Crippen LogP contribution in [0.25, 0.3) is 0 Å². The molecule has 0 bridgehead atoms. The Balaban J connectivity index is 0.00000200. The molecule has 2 unspecified atom stereocenters. The minimum atomic E-state index is 0.